The van der Waals surface area contributed by atoms with E-state index in [9.17, 15) is 9.59 Å². The van der Waals surface area contributed by atoms with E-state index in [1.807, 2.05) is 0 Å². The predicted molar refractivity (Wildman–Crippen MR) is 111 cm³/mol. The number of ether oxygens (including phenoxy) is 4. The zero-order valence-corrected chi connectivity index (χ0v) is 16.6. The maximum atomic E-state index is 12.5. The quantitative estimate of drug-likeness (QED) is 0.600. The molecule has 6 heteroatoms. The molecule has 2 aliphatic carbocycles. The van der Waals surface area contributed by atoms with Crippen LogP contribution >= 0.6 is 0 Å². The lowest BCUT2D eigenvalue weighted by Gasteiger charge is -2.21. The van der Waals surface area contributed by atoms with E-state index in [1.165, 1.54) is 12.1 Å². The fourth-order valence-corrected chi connectivity index (χ4v) is 3.87. The second kappa shape index (κ2) is 8.01. The minimum atomic E-state index is -2.96. The lowest BCUT2D eigenvalue weighted by atomic mass is 9.95. The van der Waals surface area contributed by atoms with Crippen molar-refractivity contribution in [3.8, 4) is 28.4 Å². The molecular weight excluding hydrogens is 384 g/mol. The Balaban J connectivity index is 1.86. The van der Waals surface area contributed by atoms with Gasteiger partial charge in [-0.05, 0) is 49.4 Å². The smallest absolute Gasteiger partial charge is 0.315 e. The third kappa shape index (κ3) is 3.40. The van der Waals surface area contributed by atoms with Crippen molar-refractivity contribution < 1.29 is 36.8 Å². The molecule has 0 atom stereocenters. The van der Waals surface area contributed by atoms with Crippen LogP contribution in [0.15, 0.2) is 30.3 Å². The summed E-state index contributed by atoms with van der Waals surface area (Å²) >= 11 is 0. The molecule has 0 radical (unpaired) electrons. The minimum Gasteiger partial charge on any atom is -0.493 e. The first-order chi connectivity index (χ1) is 16.8. The Morgan fingerprint density at radius 2 is 1.83 bits per heavy atom. The number of benzene rings is 2. The van der Waals surface area contributed by atoms with Crippen LogP contribution < -0.4 is 14.2 Å². The molecule has 0 N–H and O–H groups in total. The number of ketones is 1. The van der Waals surface area contributed by atoms with Gasteiger partial charge in [0, 0.05) is 17.5 Å². The van der Waals surface area contributed by atoms with Crippen LogP contribution in [0.1, 0.15) is 50.3 Å². The van der Waals surface area contributed by atoms with E-state index in [2.05, 4.69) is 0 Å². The van der Waals surface area contributed by atoms with Gasteiger partial charge in [0.25, 0.3) is 0 Å². The lowest BCUT2D eigenvalue weighted by molar-refractivity contribution is -0.150. The summed E-state index contributed by atoms with van der Waals surface area (Å²) in [6, 6.07) is 8.02. The fraction of sp³-hybridized carbons (Fsp3) is 0.417. The molecular formula is C24H26O6. The van der Waals surface area contributed by atoms with E-state index >= 15 is 0 Å². The molecule has 0 saturated heterocycles. The Kier molecular flexibility index (Phi) is 3.76. The van der Waals surface area contributed by atoms with E-state index in [-0.39, 0.29) is 30.5 Å². The Bertz CT molecular complexity index is 1180. The number of methoxy groups -OCH3 is 2. The van der Waals surface area contributed by atoms with Crippen LogP contribution in [0.5, 0.6) is 17.2 Å². The molecule has 2 aromatic rings. The van der Waals surface area contributed by atoms with Crippen LogP contribution in [0.25, 0.3) is 11.1 Å². The molecule has 0 aromatic heterocycles. The third-order valence-electron chi connectivity index (χ3n) is 5.71. The summed E-state index contributed by atoms with van der Waals surface area (Å²) in [5.74, 6) is -1.29. The van der Waals surface area contributed by atoms with E-state index in [0.717, 1.165) is 5.56 Å². The van der Waals surface area contributed by atoms with Gasteiger partial charge in [0.15, 0.2) is 17.3 Å². The highest BCUT2D eigenvalue weighted by Crippen LogP contribution is 2.51. The molecule has 30 heavy (non-hydrogen) atoms. The number of hydrogen-bond donors (Lipinski definition) is 0. The first-order valence-electron chi connectivity index (χ1n) is 12.8. The van der Waals surface area contributed by atoms with E-state index in [4.69, 9.17) is 27.2 Å². The molecule has 1 saturated carbocycles. The first kappa shape index (κ1) is 14.1. The zero-order chi connectivity index (χ0) is 26.3. The summed E-state index contributed by atoms with van der Waals surface area (Å²) in [5, 5.41) is 0. The highest BCUT2D eigenvalue weighted by atomic mass is 16.5. The molecule has 0 heterocycles. The molecule has 2 aromatic carbocycles. The largest absolute Gasteiger partial charge is 0.493 e. The highest BCUT2D eigenvalue weighted by molar-refractivity contribution is 6.02. The normalized spacial score (nSPS) is 19.8. The molecule has 0 spiro atoms. The SMILES string of the molecule is [2H]C([2H])([2H])Oc1ccc(-c2cccc3c2CCC3=O)c(OCC2(C(=O)OCC)CC2)c1OC([2H])([2H])[2H]. The second-order valence-corrected chi connectivity index (χ2v) is 7.52. The van der Waals surface area contributed by atoms with E-state index in [0.29, 0.717) is 42.4 Å². The summed E-state index contributed by atoms with van der Waals surface area (Å²) in [5.41, 5.74) is 1.44. The number of rotatable bonds is 8. The van der Waals surface area contributed by atoms with Crippen molar-refractivity contribution in [2.75, 3.05) is 27.3 Å². The molecule has 1 fully saturated rings. The van der Waals surface area contributed by atoms with Crippen LogP contribution in [-0.2, 0) is 16.0 Å². The Morgan fingerprint density at radius 1 is 1.03 bits per heavy atom. The van der Waals surface area contributed by atoms with Gasteiger partial charge in [-0.25, -0.2) is 0 Å². The Hall–Kier alpha value is -3.02. The first-order valence-corrected chi connectivity index (χ1v) is 9.84. The molecule has 4 rings (SSSR count). The summed E-state index contributed by atoms with van der Waals surface area (Å²) in [6.07, 6.45) is 1.88. The maximum Gasteiger partial charge on any atom is 0.315 e. The van der Waals surface area contributed by atoms with Crippen LogP contribution in [0, 0.1) is 5.41 Å². The fourth-order valence-electron chi connectivity index (χ4n) is 3.87. The molecule has 0 amide bonds. The predicted octanol–water partition coefficient (Wildman–Crippen LogP) is 4.22. The van der Waals surface area contributed by atoms with Gasteiger partial charge in [-0.15, -0.1) is 0 Å². The van der Waals surface area contributed by atoms with Crippen molar-refractivity contribution in [3.63, 3.8) is 0 Å². The average molecular weight is 417 g/mol. The van der Waals surface area contributed by atoms with Crippen LogP contribution in [-0.4, -0.2) is 39.0 Å². The number of esters is 1. The molecule has 0 bridgehead atoms. The third-order valence-corrected chi connectivity index (χ3v) is 5.71. The summed E-state index contributed by atoms with van der Waals surface area (Å²) in [4.78, 5) is 24.8. The second-order valence-electron chi connectivity index (χ2n) is 7.52. The van der Waals surface area contributed by atoms with Crippen molar-refractivity contribution in [3.05, 3.63) is 41.5 Å². The highest BCUT2D eigenvalue weighted by Gasteiger charge is 2.52. The van der Waals surface area contributed by atoms with Gasteiger partial charge in [-0.1, -0.05) is 18.2 Å². The number of hydrogen-bond acceptors (Lipinski definition) is 6. The molecule has 2 aliphatic rings. The van der Waals surface area contributed by atoms with Gasteiger partial charge >= 0.3 is 5.97 Å². The van der Waals surface area contributed by atoms with Crippen molar-refractivity contribution in [2.45, 2.75) is 32.6 Å². The number of carbonyl (C=O) groups excluding carboxylic acids is 2. The van der Waals surface area contributed by atoms with Crippen LogP contribution in [0.2, 0.25) is 0 Å². The van der Waals surface area contributed by atoms with Crippen molar-refractivity contribution in [2.24, 2.45) is 5.41 Å². The summed E-state index contributed by atoms with van der Waals surface area (Å²) in [6.45, 7) is 1.76. The topological polar surface area (TPSA) is 71.1 Å². The van der Waals surface area contributed by atoms with Gasteiger partial charge in [0.2, 0.25) is 5.75 Å². The van der Waals surface area contributed by atoms with Crippen LogP contribution in [0.4, 0.5) is 0 Å². The molecule has 6 nitrogen and oxygen atoms in total. The van der Waals surface area contributed by atoms with Gasteiger partial charge in [-0.3, -0.25) is 9.59 Å². The van der Waals surface area contributed by atoms with Crippen molar-refractivity contribution >= 4 is 11.8 Å². The lowest BCUT2D eigenvalue weighted by Crippen LogP contribution is -2.26. The average Bonchev–Trinajstić information content (AvgIpc) is 3.48. The minimum absolute atomic E-state index is 0.00474. The molecule has 158 valence electrons. The van der Waals surface area contributed by atoms with Gasteiger partial charge < -0.3 is 18.9 Å². The molecule has 0 aliphatic heterocycles. The number of Topliss-reactive ketones (excluding diaryl/α,β-unsaturated/α-hetero) is 1. The Labute approximate surface area is 184 Å². The standard InChI is InChI=1S/C24H26O6/c1-4-29-23(26)24(12-13-24)14-30-21-18(9-11-20(27-2)22(21)28-3)15-6-5-7-17-16(15)8-10-19(17)25/h5-7,9,11H,4,8,10,12-14H2,1-3H3/i2D3,3D3. The van der Waals surface area contributed by atoms with E-state index < -0.39 is 31.2 Å². The van der Waals surface area contributed by atoms with E-state index in [1.54, 1.807) is 25.1 Å². The van der Waals surface area contributed by atoms with Crippen molar-refractivity contribution in [1.82, 2.24) is 0 Å². The van der Waals surface area contributed by atoms with Gasteiger partial charge in [0.1, 0.15) is 12.0 Å². The Morgan fingerprint density at radius 3 is 2.57 bits per heavy atom. The number of carbonyl (C=O) groups is 2. The monoisotopic (exact) mass is 416 g/mol. The molecule has 0 unspecified atom stereocenters. The zero-order valence-electron chi connectivity index (χ0n) is 22.6. The van der Waals surface area contributed by atoms with Gasteiger partial charge in [-0.2, -0.15) is 0 Å². The summed E-state index contributed by atoms with van der Waals surface area (Å²) < 4.78 is 67.0. The van der Waals surface area contributed by atoms with Gasteiger partial charge in [0.05, 0.1) is 28.9 Å². The van der Waals surface area contributed by atoms with Crippen LogP contribution in [0.3, 0.4) is 0 Å². The summed E-state index contributed by atoms with van der Waals surface area (Å²) in [7, 11) is -5.86. The number of fused-ring (bicyclic) bond motifs is 1. The maximum absolute atomic E-state index is 12.5. The van der Waals surface area contributed by atoms with Crippen molar-refractivity contribution in [1.29, 1.82) is 0 Å².